The van der Waals surface area contributed by atoms with Crippen molar-refractivity contribution < 1.29 is 0 Å². The van der Waals surface area contributed by atoms with Gasteiger partial charge < -0.3 is 11.1 Å². The zero-order valence-electron chi connectivity index (χ0n) is 9.91. The maximum Gasteiger partial charge on any atom is 0.0346 e. The van der Waals surface area contributed by atoms with Crippen LogP contribution in [0.25, 0.3) is 0 Å². The summed E-state index contributed by atoms with van der Waals surface area (Å²) >= 11 is 0. The van der Waals surface area contributed by atoms with Gasteiger partial charge in [-0.3, -0.25) is 0 Å². The SMILES string of the molecule is Nc1ccccc1CCCNCCC1CC1. The summed E-state index contributed by atoms with van der Waals surface area (Å²) in [6.07, 6.45) is 6.56. The molecule has 1 saturated carbocycles. The van der Waals surface area contributed by atoms with E-state index in [-0.39, 0.29) is 0 Å². The third kappa shape index (κ3) is 3.86. The van der Waals surface area contributed by atoms with E-state index in [2.05, 4.69) is 17.4 Å². The zero-order valence-corrected chi connectivity index (χ0v) is 9.91. The van der Waals surface area contributed by atoms with Crippen LogP contribution in [0.15, 0.2) is 24.3 Å². The Labute approximate surface area is 98.2 Å². The lowest BCUT2D eigenvalue weighted by Crippen LogP contribution is -2.17. The van der Waals surface area contributed by atoms with Gasteiger partial charge in [0.15, 0.2) is 0 Å². The van der Waals surface area contributed by atoms with Crippen LogP contribution in [0.1, 0.15) is 31.2 Å². The molecule has 16 heavy (non-hydrogen) atoms. The van der Waals surface area contributed by atoms with Crippen molar-refractivity contribution in [1.29, 1.82) is 0 Å². The van der Waals surface area contributed by atoms with Crippen molar-refractivity contribution in [1.82, 2.24) is 5.32 Å². The van der Waals surface area contributed by atoms with Gasteiger partial charge >= 0.3 is 0 Å². The minimum Gasteiger partial charge on any atom is -0.399 e. The first-order valence-electron chi connectivity index (χ1n) is 6.40. The molecule has 0 saturated heterocycles. The van der Waals surface area contributed by atoms with Crippen molar-refractivity contribution in [2.24, 2.45) is 5.92 Å². The van der Waals surface area contributed by atoms with Gasteiger partial charge in [0.25, 0.3) is 0 Å². The second-order valence-corrected chi connectivity index (χ2v) is 4.78. The molecule has 1 aromatic rings. The summed E-state index contributed by atoms with van der Waals surface area (Å²) in [7, 11) is 0. The summed E-state index contributed by atoms with van der Waals surface area (Å²) in [6, 6.07) is 8.16. The van der Waals surface area contributed by atoms with Crippen molar-refractivity contribution in [3.63, 3.8) is 0 Å². The van der Waals surface area contributed by atoms with Gasteiger partial charge in [0.05, 0.1) is 0 Å². The lowest BCUT2D eigenvalue weighted by molar-refractivity contribution is 0.595. The second-order valence-electron chi connectivity index (χ2n) is 4.78. The molecule has 1 aliphatic rings. The van der Waals surface area contributed by atoms with Crippen LogP contribution in [0.2, 0.25) is 0 Å². The predicted octanol–water partition coefficient (Wildman–Crippen LogP) is 2.59. The maximum absolute atomic E-state index is 5.89. The fourth-order valence-corrected chi connectivity index (χ4v) is 2.00. The van der Waals surface area contributed by atoms with Crippen LogP contribution in [-0.2, 0) is 6.42 Å². The van der Waals surface area contributed by atoms with Crippen molar-refractivity contribution >= 4 is 5.69 Å². The Hall–Kier alpha value is -1.02. The molecule has 2 rings (SSSR count). The highest BCUT2D eigenvalue weighted by Gasteiger charge is 2.19. The van der Waals surface area contributed by atoms with Crippen LogP contribution in [0.4, 0.5) is 5.69 Å². The molecule has 1 fully saturated rings. The minimum absolute atomic E-state index is 0.931. The van der Waals surface area contributed by atoms with E-state index in [0.29, 0.717) is 0 Å². The normalized spacial score (nSPS) is 15.2. The third-order valence-electron chi connectivity index (χ3n) is 3.28. The van der Waals surface area contributed by atoms with Gasteiger partial charge in [-0.1, -0.05) is 31.0 Å². The van der Waals surface area contributed by atoms with Crippen molar-refractivity contribution in [3.8, 4) is 0 Å². The van der Waals surface area contributed by atoms with Crippen molar-refractivity contribution in [2.75, 3.05) is 18.8 Å². The molecular weight excluding hydrogens is 196 g/mol. The van der Waals surface area contributed by atoms with Crippen LogP contribution >= 0.6 is 0 Å². The Balaban J connectivity index is 1.55. The average molecular weight is 218 g/mol. The lowest BCUT2D eigenvalue weighted by Gasteiger charge is -2.06. The quantitative estimate of drug-likeness (QED) is 0.545. The molecule has 1 aliphatic carbocycles. The number of nitrogens with two attached hydrogens (primary N) is 1. The van der Waals surface area contributed by atoms with Gasteiger partial charge in [-0.25, -0.2) is 0 Å². The van der Waals surface area contributed by atoms with E-state index in [4.69, 9.17) is 5.73 Å². The number of nitrogens with one attached hydrogen (secondary N) is 1. The van der Waals surface area contributed by atoms with Crippen LogP contribution in [0, 0.1) is 5.92 Å². The smallest absolute Gasteiger partial charge is 0.0346 e. The molecule has 0 heterocycles. The van der Waals surface area contributed by atoms with E-state index in [0.717, 1.165) is 24.6 Å². The highest BCUT2D eigenvalue weighted by molar-refractivity contribution is 5.46. The van der Waals surface area contributed by atoms with E-state index in [1.807, 2.05) is 12.1 Å². The Bertz CT molecular complexity index is 318. The van der Waals surface area contributed by atoms with Crippen molar-refractivity contribution in [2.45, 2.75) is 32.1 Å². The van der Waals surface area contributed by atoms with Gasteiger partial charge in [0.1, 0.15) is 0 Å². The molecule has 0 atom stereocenters. The number of hydrogen-bond donors (Lipinski definition) is 2. The molecule has 0 radical (unpaired) electrons. The van der Waals surface area contributed by atoms with E-state index in [1.54, 1.807) is 0 Å². The topological polar surface area (TPSA) is 38.0 Å². The maximum atomic E-state index is 5.89. The highest BCUT2D eigenvalue weighted by Crippen LogP contribution is 2.31. The summed E-state index contributed by atoms with van der Waals surface area (Å²) in [5.74, 6) is 1.04. The largest absolute Gasteiger partial charge is 0.399 e. The molecule has 3 N–H and O–H groups in total. The summed E-state index contributed by atoms with van der Waals surface area (Å²) in [5, 5.41) is 3.51. The fraction of sp³-hybridized carbons (Fsp3) is 0.571. The zero-order chi connectivity index (χ0) is 11.2. The molecular formula is C14H22N2. The molecule has 2 heteroatoms. The average Bonchev–Trinajstić information content (AvgIpc) is 3.09. The monoisotopic (exact) mass is 218 g/mol. The lowest BCUT2D eigenvalue weighted by atomic mass is 10.1. The first-order valence-corrected chi connectivity index (χ1v) is 6.40. The van der Waals surface area contributed by atoms with E-state index in [1.165, 1.54) is 37.8 Å². The van der Waals surface area contributed by atoms with Gasteiger partial charge in [0.2, 0.25) is 0 Å². The van der Waals surface area contributed by atoms with Crippen molar-refractivity contribution in [3.05, 3.63) is 29.8 Å². The molecule has 2 nitrogen and oxygen atoms in total. The molecule has 88 valence electrons. The summed E-state index contributed by atoms with van der Waals surface area (Å²) in [6.45, 7) is 2.30. The molecule has 0 bridgehead atoms. The standard InChI is InChI=1S/C14H22N2/c15-14-6-2-1-4-13(14)5-3-10-16-11-9-12-7-8-12/h1-2,4,6,12,16H,3,5,7-11,15H2. The van der Waals surface area contributed by atoms with Crippen LogP contribution in [0.5, 0.6) is 0 Å². The molecule has 0 aromatic heterocycles. The molecule has 0 unspecified atom stereocenters. The number of anilines is 1. The van der Waals surface area contributed by atoms with Gasteiger partial charge in [0, 0.05) is 5.69 Å². The Morgan fingerprint density at radius 3 is 2.75 bits per heavy atom. The first-order chi connectivity index (χ1) is 7.86. The second kappa shape index (κ2) is 5.90. The fourth-order valence-electron chi connectivity index (χ4n) is 2.00. The number of benzene rings is 1. The summed E-state index contributed by atoms with van der Waals surface area (Å²) < 4.78 is 0. The highest BCUT2D eigenvalue weighted by atomic mass is 14.8. The van der Waals surface area contributed by atoms with E-state index >= 15 is 0 Å². The van der Waals surface area contributed by atoms with Gasteiger partial charge in [-0.05, 0) is 49.9 Å². The molecule has 0 spiro atoms. The number of rotatable bonds is 7. The first kappa shape index (κ1) is 11.5. The Morgan fingerprint density at radius 2 is 2.00 bits per heavy atom. The Kier molecular flexibility index (Phi) is 4.23. The summed E-state index contributed by atoms with van der Waals surface area (Å²) in [4.78, 5) is 0. The summed E-state index contributed by atoms with van der Waals surface area (Å²) in [5.41, 5.74) is 8.10. The van der Waals surface area contributed by atoms with E-state index < -0.39 is 0 Å². The Morgan fingerprint density at radius 1 is 1.19 bits per heavy atom. The molecule has 0 amide bonds. The molecule has 0 aliphatic heterocycles. The van der Waals surface area contributed by atoms with Crippen LogP contribution < -0.4 is 11.1 Å². The molecule has 1 aromatic carbocycles. The van der Waals surface area contributed by atoms with Gasteiger partial charge in [-0.15, -0.1) is 0 Å². The number of hydrogen-bond acceptors (Lipinski definition) is 2. The van der Waals surface area contributed by atoms with Crippen LogP contribution in [-0.4, -0.2) is 13.1 Å². The predicted molar refractivity (Wildman–Crippen MR) is 69.4 cm³/mol. The van der Waals surface area contributed by atoms with Gasteiger partial charge in [-0.2, -0.15) is 0 Å². The number of nitrogen functional groups attached to an aromatic ring is 1. The minimum atomic E-state index is 0.931. The van der Waals surface area contributed by atoms with Crippen LogP contribution in [0.3, 0.4) is 0 Å². The van der Waals surface area contributed by atoms with E-state index in [9.17, 15) is 0 Å². The third-order valence-corrected chi connectivity index (χ3v) is 3.28. The number of aryl methyl sites for hydroxylation is 1. The number of para-hydroxylation sites is 1.